The van der Waals surface area contributed by atoms with E-state index in [-0.39, 0.29) is 11.3 Å². The molecule has 22 heavy (non-hydrogen) atoms. The second-order valence-corrected chi connectivity index (χ2v) is 5.61. The first kappa shape index (κ1) is 15.4. The summed E-state index contributed by atoms with van der Waals surface area (Å²) < 4.78 is 26.2. The van der Waals surface area contributed by atoms with Crippen molar-refractivity contribution in [3.8, 4) is 0 Å². The van der Waals surface area contributed by atoms with E-state index in [4.69, 9.17) is 21.1 Å². The molecule has 1 aliphatic heterocycles. The van der Waals surface area contributed by atoms with Gasteiger partial charge in [0.1, 0.15) is 11.5 Å². The number of halogens is 2. The maximum absolute atomic E-state index is 13.4. The van der Waals surface area contributed by atoms with E-state index in [1.54, 1.807) is 23.0 Å². The largest absolute Gasteiger partial charge is 0.353 e. The molecule has 0 aliphatic carbocycles. The molecule has 2 heterocycles. The lowest BCUT2D eigenvalue weighted by Gasteiger charge is -2.22. The third-order valence-corrected chi connectivity index (χ3v) is 3.93. The minimum atomic E-state index is -0.433. The van der Waals surface area contributed by atoms with Crippen molar-refractivity contribution >= 4 is 11.6 Å². The number of aromatic nitrogens is 3. The average Bonchev–Trinajstić information content (AvgIpc) is 2.98. The van der Waals surface area contributed by atoms with Crippen molar-refractivity contribution in [3.63, 3.8) is 0 Å². The molecule has 1 unspecified atom stereocenters. The van der Waals surface area contributed by atoms with E-state index < -0.39 is 5.82 Å². The van der Waals surface area contributed by atoms with E-state index in [1.165, 1.54) is 6.07 Å². The van der Waals surface area contributed by atoms with Crippen molar-refractivity contribution < 1.29 is 13.9 Å². The van der Waals surface area contributed by atoms with Gasteiger partial charge < -0.3 is 9.47 Å². The van der Waals surface area contributed by atoms with Crippen molar-refractivity contribution in [2.45, 2.75) is 38.7 Å². The van der Waals surface area contributed by atoms with Gasteiger partial charge in [-0.05, 0) is 30.9 Å². The third kappa shape index (κ3) is 3.82. The Morgan fingerprint density at radius 3 is 3.14 bits per heavy atom. The van der Waals surface area contributed by atoms with Crippen molar-refractivity contribution in [2.24, 2.45) is 0 Å². The van der Waals surface area contributed by atoms with E-state index in [0.29, 0.717) is 24.4 Å². The zero-order chi connectivity index (χ0) is 15.4. The Bertz CT molecular complexity index is 629. The summed E-state index contributed by atoms with van der Waals surface area (Å²) in [4.78, 5) is 0. The van der Waals surface area contributed by atoms with Gasteiger partial charge in [-0.2, -0.15) is 0 Å². The van der Waals surface area contributed by atoms with E-state index in [1.807, 2.05) is 0 Å². The van der Waals surface area contributed by atoms with Crippen LogP contribution in [0.3, 0.4) is 0 Å². The third-order valence-electron chi connectivity index (χ3n) is 3.51. The molecule has 1 fully saturated rings. The molecule has 2 aromatic rings. The fraction of sp³-hybridized carbons (Fsp3) is 0.467. The molecule has 1 saturated heterocycles. The van der Waals surface area contributed by atoms with Crippen LogP contribution in [0.5, 0.6) is 0 Å². The summed E-state index contributed by atoms with van der Waals surface area (Å²) in [7, 11) is 0. The van der Waals surface area contributed by atoms with Crippen LogP contribution >= 0.6 is 11.6 Å². The molecule has 0 bridgehead atoms. The highest BCUT2D eigenvalue weighted by atomic mass is 35.5. The number of rotatable bonds is 5. The quantitative estimate of drug-likeness (QED) is 0.847. The lowest BCUT2D eigenvalue weighted by molar-refractivity contribution is -0.169. The van der Waals surface area contributed by atoms with Gasteiger partial charge in [-0.15, -0.1) is 5.10 Å². The van der Waals surface area contributed by atoms with Gasteiger partial charge in [0.15, 0.2) is 6.29 Å². The number of benzene rings is 1. The molecular weight excluding hydrogens is 309 g/mol. The molecule has 0 spiro atoms. The van der Waals surface area contributed by atoms with Crippen LogP contribution in [-0.4, -0.2) is 27.9 Å². The Balaban J connectivity index is 1.57. The minimum Gasteiger partial charge on any atom is -0.353 e. The molecule has 7 heteroatoms. The molecule has 118 valence electrons. The molecule has 0 amide bonds. The number of hydrogen-bond acceptors (Lipinski definition) is 4. The van der Waals surface area contributed by atoms with Gasteiger partial charge in [-0.3, -0.25) is 0 Å². The van der Waals surface area contributed by atoms with Crippen molar-refractivity contribution in [2.75, 3.05) is 6.61 Å². The second kappa shape index (κ2) is 7.17. The van der Waals surface area contributed by atoms with Crippen LogP contribution in [0.15, 0.2) is 24.4 Å². The fourth-order valence-corrected chi connectivity index (χ4v) is 2.53. The van der Waals surface area contributed by atoms with Crippen molar-refractivity contribution in [3.05, 3.63) is 46.5 Å². The molecule has 1 aromatic carbocycles. The Morgan fingerprint density at radius 2 is 2.32 bits per heavy atom. The number of nitrogens with zero attached hydrogens (tertiary/aromatic N) is 3. The van der Waals surface area contributed by atoms with E-state index in [2.05, 4.69) is 10.3 Å². The van der Waals surface area contributed by atoms with Crippen LogP contribution in [-0.2, 0) is 22.6 Å². The Labute approximate surface area is 133 Å². The van der Waals surface area contributed by atoms with Crippen LogP contribution in [0.1, 0.15) is 30.5 Å². The Kier molecular flexibility index (Phi) is 5.02. The molecule has 1 aromatic heterocycles. The van der Waals surface area contributed by atoms with Crippen molar-refractivity contribution in [1.29, 1.82) is 0 Å². The molecule has 1 aliphatic rings. The summed E-state index contributed by atoms with van der Waals surface area (Å²) in [6, 6.07) is 4.72. The molecule has 0 radical (unpaired) electrons. The van der Waals surface area contributed by atoms with Crippen LogP contribution < -0.4 is 0 Å². The van der Waals surface area contributed by atoms with Gasteiger partial charge in [0.2, 0.25) is 0 Å². The molecule has 3 rings (SSSR count). The highest BCUT2D eigenvalue weighted by Gasteiger charge is 2.15. The topological polar surface area (TPSA) is 49.2 Å². The summed E-state index contributed by atoms with van der Waals surface area (Å²) in [6.07, 6.45) is 4.73. The van der Waals surface area contributed by atoms with E-state index in [9.17, 15) is 4.39 Å². The normalized spacial score (nSPS) is 18.5. The first-order chi connectivity index (χ1) is 10.7. The van der Waals surface area contributed by atoms with Gasteiger partial charge in [0, 0.05) is 6.61 Å². The highest BCUT2D eigenvalue weighted by Crippen LogP contribution is 2.20. The SMILES string of the molecule is Fc1cccc(Cn2cc(COC3CCCCO3)nn2)c1Cl. The number of hydrogen-bond donors (Lipinski definition) is 0. The second-order valence-electron chi connectivity index (χ2n) is 5.23. The summed E-state index contributed by atoms with van der Waals surface area (Å²) >= 11 is 5.93. The maximum atomic E-state index is 13.4. The number of ether oxygens (including phenoxy) is 2. The standard InChI is InChI=1S/C15H17ClFN3O2/c16-15-11(4-3-5-13(15)17)8-20-9-12(18-19-20)10-22-14-6-1-2-7-21-14/h3-5,9,14H,1-2,6-8,10H2. The first-order valence-electron chi connectivity index (χ1n) is 7.27. The molecule has 1 atom stereocenters. The zero-order valence-corrected chi connectivity index (χ0v) is 12.8. The van der Waals surface area contributed by atoms with Crippen LogP contribution in [0, 0.1) is 5.82 Å². The summed E-state index contributed by atoms with van der Waals surface area (Å²) in [5.41, 5.74) is 1.37. The first-order valence-corrected chi connectivity index (χ1v) is 7.65. The summed E-state index contributed by atoms with van der Waals surface area (Å²) in [6.45, 7) is 1.46. The highest BCUT2D eigenvalue weighted by molar-refractivity contribution is 6.31. The van der Waals surface area contributed by atoms with Crippen LogP contribution in [0.2, 0.25) is 5.02 Å². The monoisotopic (exact) mass is 325 g/mol. The van der Waals surface area contributed by atoms with E-state index >= 15 is 0 Å². The van der Waals surface area contributed by atoms with Gasteiger partial charge in [0.25, 0.3) is 0 Å². The molecule has 5 nitrogen and oxygen atoms in total. The molecule has 0 saturated carbocycles. The summed E-state index contributed by atoms with van der Waals surface area (Å²) in [5, 5.41) is 8.17. The smallest absolute Gasteiger partial charge is 0.158 e. The van der Waals surface area contributed by atoms with Gasteiger partial charge in [0.05, 0.1) is 24.4 Å². The predicted molar refractivity (Wildman–Crippen MR) is 78.9 cm³/mol. The lowest BCUT2D eigenvalue weighted by atomic mass is 10.2. The zero-order valence-electron chi connectivity index (χ0n) is 12.0. The van der Waals surface area contributed by atoms with Crippen molar-refractivity contribution in [1.82, 2.24) is 15.0 Å². The van der Waals surface area contributed by atoms with E-state index in [0.717, 1.165) is 25.9 Å². The summed E-state index contributed by atoms with van der Waals surface area (Å²) in [5.74, 6) is -0.433. The molecule has 0 N–H and O–H groups in total. The lowest BCUT2D eigenvalue weighted by Crippen LogP contribution is -2.22. The fourth-order valence-electron chi connectivity index (χ4n) is 2.35. The average molecular weight is 326 g/mol. The van der Waals surface area contributed by atoms with Gasteiger partial charge >= 0.3 is 0 Å². The predicted octanol–water partition coefficient (Wildman–Crippen LogP) is 3.16. The van der Waals surface area contributed by atoms with Crippen LogP contribution in [0.4, 0.5) is 4.39 Å². The van der Waals surface area contributed by atoms with Crippen LogP contribution in [0.25, 0.3) is 0 Å². The minimum absolute atomic E-state index is 0.117. The maximum Gasteiger partial charge on any atom is 0.158 e. The Morgan fingerprint density at radius 1 is 1.41 bits per heavy atom. The van der Waals surface area contributed by atoms with Gasteiger partial charge in [-0.1, -0.05) is 28.9 Å². The van der Waals surface area contributed by atoms with Gasteiger partial charge in [-0.25, -0.2) is 9.07 Å². The molecular formula is C15H17ClFN3O2. The Hall–Kier alpha value is -1.50.